The number of oxazole rings is 1. The minimum absolute atomic E-state index is 0.0696. The molecule has 36 heavy (non-hydrogen) atoms. The average molecular weight is 498 g/mol. The monoisotopic (exact) mass is 497 g/mol. The van der Waals surface area contributed by atoms with E-state index in [1.807, 2.05) is 4.90 Å². The predicted molar refractivity (Wildman–Crippen MR) is 129 cm³/mol. The van der Waals surface area contributed by atoms with Crippen LogP contribution in [0.4, 0.5) is 5.69 Å². The van der Waals surface area contributed by atoms with Crippen LogP contribution in [0.25, 0.3) is 16.9 Å². The van der Waals surface area contributed by atoms with E-state index >= 15 is 0 Å². The van der Waals surface area contributed by atoms with Crippen molar-refractivity contribution in [2.24, 2.45) is 11.8 Å². The van der Waals surface area contributed by atoms with E-state index in [2.05, 4.69) is 4.98 Å². The SMILES string of the molecule is CC(=O)C1=C(O)[C@@]2(O)C(=O)C3=C(O)c4c(c(N(C)C)cc5[nH]c(=O)oc45)C[C@H]3C[C@H]2[C@H](N(C)C)C1=O. The third kappa shape index (κ3) is 2.93. The zero-order valence-corrected chi connectivity index (χ0v) is 20.5. The van der Waals surface area contributed by atoms with E-state index in [9.17, 15) is 34.5 Å². The lowest BCUT2D eigenvalue weighted by Crippen LogP contribution is -2.65. The molecule has 0 radical (unpaired) electrons. The van der Waals surface area contributed by atoms with Gasteiger partial charge in [0.2, 0.25) is 5.78 Å². The Morgan fingerprint density at radius 2 is 1.83 bits per heavy atom. The number of hydrogen-bond acceptors (Lipinski definition) is 10. The summed E-state index contributed by atoms with van der Waals surface area (Å²) in [6.07, 6.45) is 0.330. The lowest BCUT2D eigenvalue weighted by molar-refractivity contribution is -0.153. The quantitative estimate of drug-likeness (QED) is 0.447. The highest BCUT2D eigenvalue weighted by atomic mass is 16.4. The third-order valence-corrected chi connectivity index (χ3v) is 7.70. The summed E-state index contributed by atoms with van der Waals surface area (Å²) in [5.74, 6) is -6.26. The summed E-state index contributed by atoms with van der Waals surface area (Å²) in [4.78, 5) is 57.3. The zero-order valence-electron chi connectivity index (χ0n) is 20.5. The molecule has 3 aliphatic carbocycles. The molecule has 0 amide bonds. The molecule has 190 valence electrons. The molecule has 0 spiro atoms. The normalized spacial score (nSPS) is 27.9. The van der Waals surface area contributed by atoms with Gasteiger partial charge in [0.1, 0.15) is 17.1 Å². The van der Waals surface area contributed by atoms with Gasteiger partial charge in [-0.2, -0.15) is 0 Å². The number of fused-ring (bicyclic) bond motifs is 5. The number of aliphatic hydroxyl groups excluding tert-OH is 2. The first kappa shape index (κ1) is 24.0. The van der Waals surface area contributed by atoms with Crippen LogP contribution in [0, 0.1) is 11.8 Å². The van der Waals surface area contributed by atoms with E-state index in [1.54, 1.807) is 34.3 Å². The number of aromatic nitrogens is 1. The Balaban J connectivity index is 1.81. The predicted octanol–water partition coefficient (Wildman–Crippen LogP) is 0.863. The van der Waals surface area contributed by atoms with Gasteiger partial charge in [-0.1, -0.05) is 0 Å². The van der Waals surface area contributed by atoms with Crippen molar-refractivity contribution in [3.05, 3.63) is 44.6 Å². The number of rotatable bonds is 3. The number of likely N-dealkylation sites (N-methyl/N-ethyl adjacent to an activating group) is 1. The molecule has 2 aromatic rings. The fraction of sp³-hybridized carbons (Fsp3) is 0.440. The molecular formula is C25H27N3O8. The lowest BCUT2D eigenvalue weighted by atomic mass is 9.57. The number of nitrogens with one attached hydrogen (secondary N) is 1. The average Bonchev–Trinajstić information content (AvgIpc) is 3.14. The Hall–Kier alpha value is -3.70. The van der Waals surface area contributed by atoms with Gasteiger partial charge in [-0.05, 0) is 51.4 Å². The number of aromatic amines is 1. The Labute approximate surface area is 205 Å². The first-order chi connectivity index (χ1) is 16.8. The van der Waals surface area contributed by atoms with Crippen molar-refractivity contribution in [2.45, 2.75) is 31.4 Å². The van der Waals surface area contributed by atoms with E-state index in [-0.39, 0.29) is 29.6 Å². The van der Waals surface area contributed by atoms with Gasteiger partial charge < -0.3 is 24.6 Å². The van der Waals surface area contributed by atoms with Gasteiger partial charge in [0, 0.05) is 31.3 Å². The van der Waals surface area contributed by atoms with Crippen LogP contribution >= 0.6 is 0 Å². The number of Topliss-reactive ketones (excluding diaryl/α,β-unsaturated/α-hetero) is 3. The first-order valence-electron chi connectivity index (χ1n) is 11.5. The van der Waals surface area contributed by atoms with E-state index in [0.29, 0.717) is 16.8 Å². The lowest BCUT2D eigenvalue weighted by Gasteiger charge is -2.50. The molecule has 1 aromatic heterocycles. The van der Waals surface area contributed by atoms with E-state index < -0.39 is 63.7 Å². The zero-order chi connectivity index (χ0) is 26.4. The molecule has 4 N–H and O–H groups in total. The van der Waals surface area contributed by atoms with Crippen molar-refractivity contribution in [1.29, 1.82) is 0 Å². The second-order valence-corrected chi connectivity index (χ2v) is 10.2. The molecular weight excluding hydrogens is 470 g/mol. The molecule has 1 saturated carbocycles. The van der Waals surface area contributed by atoms with Crippen LogP contribution in [-0.2, 0) is 20.8 Å². The molecule has 3 aliphatic rings. The molecule has 0 bridgehead atoms. The van der Waals surface area contributed by atoms with Gasteiger partial charge in [-0.3, -0.25) is 24.3 Å². The summed E-state index contributed by atoms with van der Waals surface area (Å²) >= 11 is 0. The third-order valence-electron chi connectivity index (χ3n) is 7.70. The highest BCUT2D eigenvalue weighted by molar-refractivity contribution is 6.25. The molecule has 0 aliphatic heterocycles. The van der Waals surface area contributed by atoms with Gasteiger partial charge in [0.15, 0.2) is 22.8 Å². The topological polar surface area (TPSA) is 164 Å². The van der Waals surface area contributed by atoms with Crippen LogP contribution in [-0.4, -0.2) is 82.4 Å². The molecule has 4 atom stereocenters. The number of carbonyl (C=O) groups is 3. The maximum Gasteiger partial charge on any atom is 0.417 e. The van der Waals surface area contributed by atoms with Crippen LogP contribution in [0.15, 0.2) is 32.2 Å². The van der Waals surface area contributed by atoms with Crippen LogP contribution in [0.3, 0.4) is 0 Å². The molecule has 1 heterocycles. The Kier molecular flexibility index (Phi) is 5.10. The Morgan fingerprint density at radius 3 is 2.42 bits per heavy atom. The van der Waals surface area contributed by atoms with E-state index in [4.69, 9.17) is 4.42 Å². The molecule has 5 rings (SSSR count). The summed E-state index contributed by atoms with van der Waals surface area (Å²) < 4.78 is 5.30. The van der Waals surface area contributed by atoms with Crippen LogP contribution in [0.1, 0.15) is 24.5 Å². The summed E-state index contributed by atoms with van der Waals surface area (Å²) in [5, 5.41) is 34.1. The van der Waals surface area contributed by atoms with Crippen molar-refractivity contribution in [3.8, 4) is 0 Å². The van der Waals surface area contributed by atoms with Gasteiger partial charge in [-0.25, -0.2) is 4.79 Å². The number of benzene rings is 1. The van der Waals surface area contributed by atoms with Crippen LogP contribution < -0.4 is 10.7 Å². The van der Waals surface area contributed by atoms with Crippen molar-refractivity contribution in [1.82, 2.24) is 9.88 Å². The first-order valence-corrected chi connectivity index (χ1v) is 11.5. The number of hydrogen-bond donors (Lipinski definition) is 4. The summed E-state index contributed by atoms with van der Waals surface area (Å²) in [6.45, 7) is 1.08. The second kappa shape index (κ2) is 7.65. The molecule has 1 aromatic carbocycles. The molecule has 0 unspecified atom stereocenters. The van der Waals surface area contributed by atoms with E-state index in [1.165, 1.54) is 4.90 Å². The highest BCUT2D eigenvalue weighted by Gasteiger charge is 2.64. The fourth-order valence-electron chi connectivity index (χ4n) is 6.21. The molecule has 1 fully saturated rings. The standard InChI is InChI=1S/C25H27N3O8/c1-9(29)15-20(31)18(28(4)5)12-7-10-6-11-14(27(2)3)8-13-21(36-24(34)26-13)17(11)19(30)16(10)23(33)25(12,35)22(15)32/h8,10,12,18,30,32,35H,6-7H2,1-5H3,(H,26,34)/t10-,12-,18-,25+/m0/s1. The van der Waals surface area contributed by atoms with Crippen molar-refractivity contribution >= 4 is 39.9 Å². The fourth-order valence-corrected chi connectivity index (χ4v) is 6.21. The number of carbonyl (C=O) groups excluding carboxylic acids is 3. The van der Waals surface area contributed by atoms with E-state index in [0.717, 1.165) is 6.92 Å². The summed E-state index contributed by atoms with van der Waals surface area (Å²) in [6, 6.07) is 0.677. The maximum atomic E-state index is 13.9. The van der Waals surface area contributed by atoms with Gasteiger partial charge in [0.25, 0.3) is 0 Å². The molecule has 0 saturated heterocycles. The van der Waals surface area contributed by atoms with Gasteiger partial charge >= 0.3 is 5.76 Å². The highest BCUT2D eigenvalue weighted by Crippen LogP contribution is 2.53. The number of H-pyrrole nitrogens is 1. The number of ketones is 3. The Morgan fingerprint density at radius 1 is 1.17 bits per heavy atom. The van der Waals surface area contributed by atoms with Crippen molar-refractivity contribution < 1.29 is 34.1 Å². The smallest absolute Gasteiger partial charge is 0.417 e. The van der Waals surface area contributed by atoms with Crippen LogP contribution in [0.5, 0.6) is 0 Å². The second-order valence-electron chi connectivity index (χ2n) is 10.2. The van der Waals surface area contributed by atoms with Crippen LogP contribution in [0.2, 0.25) is 0 Å². The van der Waals surface area contributed by atoms with Crippen molar-refractivity contribution in [3.63, 3.8) is 0 Å². The largest absolute Gasteiger partial charge is 0.508 e. The summed E-state index contributed by atoms with van der Waals surface area (Å²) in [7, 11) is 6.80. The Bertz CT molecular complexity index is 1490. The minimum atomic E-state index is -2.58. The number of anilines is 1. The number of aliphatic hydroxyl groups is 3. The van der Waals surface area contributed by atoms with Gasteiger partial charge in [0.05, 0.1) is 17.1 Å². The molecule has 11 heteroatoms. The van der Waals surface area contributed by atoms with Gasteiger partial charge in [-0.15, -0.1) is 0 Å². The summed E-state index contributed by atoms with van der Waals surface area (Å²) in [5.41, 5.74) is -1.45. The maximum absolute atomic E-state index is 13.9. The number of nitrogens with zero attached hydrogens (tertiary/aromatic N) is 2. The molecule has 11 nitrogen and oxygen atoms in total. The minimum Gasteiger partial charge on any atom is -0.508 e. The van der Waals surface area contributed by atoms with Crippen molar-refractivity contribution in [2.75, 3.05) is 33.1 Å².